The topological polar surface area (TPSA) is 52.6 Å². The number of methoxy groups -OCH3 is 1. The molecule has 4 heteroatoms. The highest BCUT2D eigenvalue weighted by molar-refractivity contribution is 5.91. The van der Waals surface area contributed by atoms with Crippen LogP contribution in [0.15, 0.2) is 46.9 Å². The lowest BCUT2D eigenvalue weighted by atomic mass is 9.65. The number of benzene rings is 1. The minimum Gasteiger partial charge on any atom is -0.497 e. The first-order chi connectivity index (χ1) is 13.1. The standard InChI is InChI=1S/C24H28O4/c1-23(2)12-18-16(10-20(23)25)22(14-6-8-15(27-5)9-7-14)17-11-21(26)24(3,4)13-19(17)28-18/h6-9,22H,10-13H2,1-5H3. The van der Waals surface area contributed by atoms with E-state index in [0.29, 0.717) is 25.7 Å². The number of hydrogen-bond acceptors (Lipinski definition) is 4. The van der Waals surface area contributed by atoms with Crippen LogP contribution < -0.4 is 4.74 Å². The van der Waals surface area contributed by atoms with Crippen LogP contribution in [0.5, 0.6) is 5.75 Å². The molecular formula is C24H28O4. The molecule has 1 aromatic carbocycles. The van der Waals surface area contributed by atoms with Gasteiger partial charge in [0.15, 0.2) is 0 Å². The van der Waals surface area contributed by atoms with Crippen molar-refractivity contribution >= 4 is 11.6 Å². The number of carbonyl (C=O) groups is 2. The number of hydrogen-bond donors (Lipinski definition) is 0. The summed E-state index contributed by atoms with van der Waals surface area (Å²) in [4.78, 5) is 25.6. The Balaban J connectivity index is 1.84. The summed E-state index contributed by atoms with van der Waals surface area (Å²) in [5.41, 5.74) is 2.31. The van der Waals surface area contributed by atoms with Gasteiger partial charge in [0.2, 0.25) is 0 Å². The van der Waals surface area contributed by atoms with E-state index in [1.165, 1.54) is 0 Å². The summed E-state index contributed by atoms with van der Waals surface area (Å²) in [6.45, 7) is 7.96. The van der Waals surface area contributed by atoms with Gasteiger partial charge in [0, 0.05) is 42.4 Å². The van der Waals surface area contributed by atoms with Crippen molar-refractivity contribution in [3.63, 3.8) is 0 Å². The van der Waals surface area contributed by atoms with E-state index in [0.717, 1.165) is 34.0 Å². The van der Waals surface area contributed by atoms with Gasteiger partial charge >= 0.3 is 0 Å². The second-order valence-corrected chi connectivity index (χ2v) is 9.53. The highest BCUT2D eigenvalue weighted by atomic mass is 16.5. The number of Topliss-reactive ketones (excluding diaryl/α,β-unsaturated/α-hetero) is 2. The van der Waals surface area contributed by atoms with Crippen LogP contribution >= 0.6 is 0 Å². The van der Waals surface area contributed by atoms with Crippen LogP contribution in [0.2, 0.25) is 0 Å². The van der Waals surface area contributed by atoms with Crippen LogP contribution in [0.1, 0.15) is 64.9 Å². The van der Waals surface area contributed by atoms with Crippen LogP contribution in [0.25, 0.3) is 0 Å². The molecule has 3 aliphatic rings. The van der Waals surface area contributed by atoms with E-state index in [-0.39, 0.29) is 17.5 Å². The second-order valence-electron chi connectivity index (χ2n) is 9.53. The van der Waals surface area contributed by atoms with Gasteiger partial charge in [-0.3, -0.25) is 9.59 Å². The molecule has 1 aliphatic heterocycles. The van der Waals surface area contributed by atoms with E-state index in [4.69, 9.17) is 9.47 Å². The molecule has 4 nitrogen and oxygen atoms in total. The third-order valence-corrected chi connectivity index (χ3v) is 6.53. The maximum Gasteiger partial charge on any atom is 0.143 e. The number of allylic oxidation sites excluding steroid dienone is 4. The molecule has 0 saturated carbocycles. The molecule has 28 heavy (non-hydrogen) atoms. The zero-order chi connectivity index (χ0) is 20.3. The average Bonchev–Trinajstić information content (AvgIpc) is 2.62. The fourth-order valence-electron chi connectivity index (χ4n) is 4.54. The second kappa shape index (κ2) is 6.33. The quantitative estimate of drug-likeness (QED) is 0.717. The average molecular weight is 380 g/mol. The third kappa shape index (κ3) is 2.99. The van der Waals surface area contributed by atoms with E-state index in [1.807, 2.05) is 52.0 Å². The first-order valence-electron chi connectivity index (χ1n) is 9.94. The monoisotopic (exact) mass is 380 g/mol. The van der Waals surface area contributed by atoms with E-state index in [1.54, 1.807) is 7.11 Å². The molecule has 0 saturated heterocycles. The number of ether oxygens (including phenoxy) is 2. The van der Waals surface area contributed by atoms with Gasteiger partial charge in [-0.25, -0.2) is 0 Å². The molecule has 0 fully saturated rings. The first-order valence-corrected chi connectivity index (χ1v) is 9.94. The molecular weight excluding hydrogens is 352 g/mol. The minimum atomic E-state index is -0.415. The predicted octanol–water partition coefficient (Wildman–Crippen LogP) is 5.10. The molecule has 0 N–H and O–H groups in total. The van der Waals surface area contributed by atoms with E-state index >= 15 is 0 Å². The Morgan fingerprint density at radius 3 is 1.75 bits per heavy atom. The molecule has 0 unspecified atom stereocenters. The van der Waals surface area contributed by atoms with Gasteiger partial charge in [0.25, 0.3) is 0 Å². The molecule has 0 radical (unpaired) electrons. The number of rotatable bonds is 2. The number of ketones is 2. The molecule has 1 heterocycles. The first kappa shape index (κ1) is 19.0. The molecule has 148 valence electrons. The maximum atomic E-state index is 12.8. The molecule has 0 aromatic heterocycles. The van der Waals surface area contributed by atoms with Crippen molar-refractivity contribution in [2.75, 3.05) is 7.11 Å². The van der Waals surface area contributed by atoms with Crippen LogP contribution in [0, 0.1) is 10.8 Å². The summed E-state index contributed by atoms with van der Waals surface area (Å²) >= 11 is 0. The highest BCUT2D eigenvalue weighted by Gasteiger charge is 2.46. The smallest absolute Gasteiger partial charge is 0.143 e. The van der Waals surface area contributed by atoms with Crippen molar-refractivity contribution in [2.45, 2.75) is 59.3 Å². The van der Waals surface area contributed by atoms with Crippen molar-refractivity contribution in [3.8, 4) is 5.75 Å². The molecule has 2 aliphatic carbocycles. The summed E-state index contributed by atoms with van der Waals surface area (Å²) in [6, 6.07) is 7.96. The molecule has 0 spiro atoms. The SMILES string of the molecule is COc1ccc(C2C3=C(CC(C)(C)C(=O)C3)OC3=C2CC(=O)C(C)(C)C3)cc1. The Hall–Kier alpha value is -2.36. The Morgan fingerprint density at radius 1 is 0.857 bits per heavy atom. The number of carbonyl (C=O) groups excluding carboxylic acids is 2. The van der Waals surface area contributed by atoms with E-state index in [2.05, 4.69) is 0 Å². The van der Waals surface area contributed by atoms with E-state index in [9.17, 15) is 9.59 Å². The fraction of sp³-hybridized carbons (Fsp3) is 0.500. The van der Waals surface area contributed by atoms with Crippen molar-refractivity contribution < 1.29 is 19.1 Å². The van der Waals surface area contributed by atoms with Gasteiger partial charge < -0.3 is 9.47 Å². The van der Waals surface area contributed by atoms with Crippen LogP contribution in [-0.2, 0) is 14.3 Å². The summed E-state index contributed by atoms with van der Waals surface area (Å²) in [7, 11) is 1.65. The largest absolute Gasteiger partial charge is 0.497 e. The van der Waals surface area contributed by atoms with E-state index < -0.39 is 10.8 Å². The Bertz CT molecular complexity index is 860. The van der Waals surface area contributed by atoms with Crippen LogP contribution in [0.3, 0.4) is 0 Å². The summed E-state index contributed by atoms with van der Waals surface area (Å²) in [6.07, 6.45) is 1.98. The summed E-state index contributed by atoms with van der Waals surface area (Å²) in [5.74, 6) is 3.05. The lowest BCUT2D eigenvalue weighted by Crippen LogP contribution is -2.38. The van der Waals surface area contributed by atoms with Crippen LogP contribution in [0.4, 0.5) is 0 Å². The minimum absolute atomic E-state index is 0.0650. The Kier molecular flexibility index (Phi) is 4.29. The summed E-state index contributed by atoms with van der Waals surface area (Å²) in [5, 5.41) is 0. The molecule has 0 bridgehead atoms. The van der Waals surface area contributed by atoms with Gasteiger partial charge in [-0.1, -0.05) is 39.8 Å². The lowest BCUT2D eigenvalue weighted by molar-refractivity contribution is -0.128. The van der Waals surface area contributed by atoms with Crippen LogP contribution in [-0.4, -0.2) is 18.7 Å². The normalized spacial score (nSPS) is 23.9. The van der Waals surface area contributed by atoms with Gasteiger partial charge in [-0.15, -0.1) is 0 Å². The Morgan fingerprint density at radius 2 is 1.32 bits per heavy atom. The fourth-order valence-corrected chi connectivity index (χ4v) is 4.54. The zero-order valence-corrected chi connectivity index (χ0v) is 17.3. The molecule has 0 atom stereocenters. The van der Waals surface area contributed by atoms with Crippen molar-refractivity contribution in [2.24, 2.45) is 10.8 Å². The van der Waals surface area contributed by atoms with Gasteiger partial charge in [-0.05, 0) is 28.8 Å². The van der Waals surface area contributed by atoms with Crippen molar-refractivity contribution in [1.29, 1.82) is 0 Å². The molecule has 0 amide bonds. The van der Waals surface area contributed by atoms with Crippen molar-refractivity contribution in [3.05, 3.63) is 52.5 Å². The summed E-state index contributed by atoms with van der Waals surface area (Å²) < 4.78 is 11.7. The third-order valence-electron chi connectivity index (χ3n) is 6.53. The lowest BCUT2D eigenvalue weighted by Gasteiger charge is -2.43. The molecule has 4 rings (SSSR count). The highest BCUT2D eigenvalue weighted by Crippen LogP contribution is 2.53. The maximum absolute atomic E-state index is 12.8. The Labute approximate surface area is 166 Å². The predicted molar refractivity (Wildman–Crippen MR) is 107 cm³/mol. The van der Waals surface area contributed by atoms with Gasteiger partial charge in [-0.2, -0.15) is 0 Å². The van der Waals surface area contributed by atoms with Crippen molar-refractivity contribution in [1.82, 2.24) is 0 Å². The molecule has 1 aromatic rings. The zero-order valence-electron chi connectivity index (χ0n) is 17.3. The van der Waals surface area contributed by atoms with Gasteiger partial charge in [0.05, 0.1) is 7.11 Å². The van der Waals surface area contributed by atoms with Gasteiger partial charge in [0.1, 0.15) is 28.8 Å².